The predicted octanol–water partition coefficient (Wildman–Crippen LogP) is 2.60. The molecule has 1 amide bonds. The summed E-state index contributed by atoms with van der Waals surface area (Å²) in [6.07, 6.45) is 4.60. The number of H-pyrrole nitrogens is 1. The maximum absolute atomic E-state index is 12.8. The second-order valence-corrected chi connectivity index (χ2v) is 6.54. The zero-order chi connectivity index (χ0) is 16.4. The number of nitrogens with zero attached hydrogens (tertiary/aromatic N) is 3. The lowest BCUT2D eigenvalue weighted by Gasteiger charge is -2.34. The molecule has 2 aromatic heterocycles. The fourth-order valence-electron chi connectivity index (χ4n) is 3.42. The van der Waals surface area contributed by atoms with Crippen LogP contribution >= 0.6 is 0 Å². The van der Waals surface area contributed by atoms with Crippen LogP contribution in [0.4, 0.5) is 0 Å². The average molecular weight is 316 g/mol. The van der Waals surface area contributed by atoms with Crippen LogP contribution in [0.25, 0.3) is 0 Å². The van der Waals surface area contributed by atoms with Gasteiger partial charge in [-0.3, -0.25) is 9.89 Å². The number of nitrogens with one attached hydrogen (secondary N) is 1. The third kappa shape index (κ3) is 3.30. The Morgan fingerprint density at radius 3 is 3.00 bits per heavy atom. The monoisotopic (exact) mass is 316 g/mol. The molecule has 0 radical (unpaired) electrons. The summed E-state index contributed by atoms with van der Waals surface area (Å²) in [5, 5.41) is 11.0. The van der Waals surface area contributed by atoms with Crippen LogP contribution in [-0.2, 0) is 11.2 Å². The van der Waals surface area contributed by atoms with Crippen LogP contribution in [0.1, 0.15) is 48.4 Å². The van der Waals surface area contributed by atoms with Gasteiger partial charge < -0.3 is 9.42 Å². The van der Waals surface area contributed by atoms with Crippen LogP contribution in [0, 0.1) is 19.8 Å². The van der Waals surface area contributed by atoms with Gasteiger partial charge in [0, 0.05) is 42.4 Å². The van der Waals surface area contributed by atoms with Gasteiger partial charge in [-0.05, 0) is 39.2 Å². The van der Waals surface area contributed by atoms with Crippen molar-refractivity contribution >= 4 is 5.91 Å². The summed E-state index contributed by atoms with van der Waals surface area (Å²) in [5.41, 5.74) is 3.07. The van der Waals surface area contributed by atoms with Gasteiger partial charge in [0.2, 0.25) is 5.91 Å². The van der Waals surface area contributed by atoms with Gasteiger partial charge in [0.05, 0.1) is 5.69 Å². The molecule has 6 heteroatoms. The molecule has 0 aliphatic carbocycles. The Labute approximate surface area is 136 Å². The average Bonchev–Trinajstić information content (AvgIpc) is 3.20. The van der Waals surface area contributed by atoms with E-state index in [2.05, 4.69) is 15.4 Å². The summed E-state index contributed by atoms with van der Waals surface area (Å²) in [5.74, 6) is 1.33. The summed E-state index contributed by atoms with van der Waals surface area (Å²) < 4.78 is 5.20. The maximum atomic E-state index is 12.8. The molecule has 0 spiro atoms. The Hall–Kier alpha value is -2.11. The number of likely N-dealkylation sites (tertiary alicyclic amines) is 1. The van der Waals surface area contributed by atoms with E-state index in [-0.39, 0.29) is 11.8 Å². The summed E-state index contributed by atoms with van der Waals surface area (Å²) in [6, 6.07) is 2.01. The first-order chi connectivity index (χ1) is 11.1. The molecule has 23 heavy (non-hydrogen) atoms. The molecule has 124 valence electrons. The van der Waals surface area contributed by atoms with Crippen LogP contribution in [0.2, 0.25) is 0 Å². The van der Waals surface area contributed by atoms with E-state index >= 15 is 0 Å². The minimum absolute atomic E-state index is 0.0627. The van der Waals surface area contributed by atoms with E-state index < -0.39 is 0 Å². The van der Waals surface area contributed by atoms with Crippen LogP contribution in [0.15, 0.2) is 16.8 Å². The smallest absolute Gasteiger partial charge is 0.225 e. The lowest BCUT2D eigenvalue weighted by Crippen LogP contribution is -2.42. The van der Waals surface area contributed by atoms with E-state index in [0.29, 0.717) is 12.3 Å². The second-order valence-electron chi connectivity index (χ2n) is 6.54. The topological polar surface area (TPSA) is 75.0 Å². The number of carbonyl (C=O) groups excluding carboxylic acids is 1. The fraction of sp³-hybridized carbons (Fsp3) is 0.588. The van der Waals surface area contributed by atoms with E-state index in [9.17, 15) is 4.79 Å². The van der Waals surface area contributed by atoms with Gasteiger partial charge >= 0.3 is 0 Å². The first kappa shape index (κ1) is 15.8. The van der Waals surface area contributed by atoms with Gasteiger partial charge in [0.15, 0.2) is 0 Å². The molecule has 2 atom stereocenters. The van der Waals surface area contributed by atoms with Crippen LogP contribution in [0.5, 0.6) is 0 Å². The number of piperidine rings is 1. The summed E-state index contributed by atoms with van der Waals surface area (Å²) in [4.78, 5) is 14.8. The summed E-state index contributed by atoms with van der Waals surface area (Å²) >= 11 is 0. The molecule has 2 unspecified atom stereocenters. The molecule has 1 fully saturated rings. The molecule has 1 saturated heterocycles. The number of aromatic amines is 1. The number of aryl methyl sites for hydroxylation is 2. The maximum Gasteiger partial charge on any atom is 0.225 e. The Bertz CT molecular complexity index is 643. The van der Waals surface area contributed by atoms with Gasteiger partial charge in [0.25, 0.3) is 0 Å². The Kier molecular flexibility index (Phi) is 4.50. The lowest BCUT2D eigenvalue weighted by atomic mass is 9.92. The number of rotatable bonds is 4. The van der Waals surface area contributed by atoms with Gasteiger partial charge in [-0.15, -0.1) is 0 Å². The SMILES string of the molecule is Cc1noc(C)c1CC(C)C(=O)N1CCCC(c2ccn[nH]2)C1. The molecule has 3 heterocycles. The molecule has 1 aliphatic heterocycles. The molecule has 3 rings (SSSR count). The molecule has 2 aromatic rings. The van der Waals surface area contributed by atoms with Crippen molar-refractivity contribution in [3.8, 4) is 0 Å². The predicted molar refractivity (Wildman–Crippen MR) is 86.0 cm³/mol. The summed E-state index contributed by atoms with van der Waals surface area (Å²) in [7, 11) is 0. The highest BCUT2D eigenvalue weighted by Crippen LogP contribution is 2.27. The van der Waals surface area contributed by atoms with E-state index in [1.54, 1.807) is 6.20 Å². The molecular formula is C17H24N4O2. The molecular weight excluding hydrogens is 292 g/mol. The third-order valence-electron chi connectivity index (χ3n) is 4.81. The van der Waals surface area contributed by atoms with Crippen LogP contribution in [-0.4, -0.2) is 39.3 Å². The first-order valence-corrected chi connectivity index (χ1v) is 8.26. The second kappa shape index (κ2) is 6.56. The Morgan fingerprint density at radius 1 is 1.52 bits per heavy atom. The number of hydrogen-bond acceptors (Lipinski definition) is 4. The highest BCUT2D eigenvalue weighted by molar-refractivity contribution is 5.79. The number of amides is 1. The van der Waals surface area contributed by atoms with Gasteiger partial charge in [-0.1, -0.05) is 12.1 Å². The van der Waals surface area contributed by atoms with Gasteiger partial charge in [-0.2, -0.15) is 5.10 Å². The van der Waals surface area contributed by atoms with Crippen molar-refractivity contribution in [3.05, 3.63) is 35.0 Å². The molecule has 0 saturated carbocycles. The van der Waals surface area contributed by atoms with Crippen molar-refractivity contribution in [1.82, 2.24) is 20.3 Å². The molecule has 0 aromatic carbocycles. The molecule has 6 nitrogen and oxygen atoms in total. The van der Waals surface area contributed by atoms with E-state index in [4.69, 9.17) is 4.52 Å². The zero-order valence-corrected chi connectivity index (χ0v) is 14.0. The van der Waals surface area contributed by atoms with Crippen molar-refractivity contribution in [2.45, 2.75) is 46.0 Å². The Balaban J connectivity index is 1.65. The highest BCUT2D eigenvalue weighted by Gasteiger charge is 2.29. The fourth-order valence-corrected chi connectivity index (χ4v) is 3.42. The standard InChI is InChI=1S/C17H24N4O2/c1-11(9-15-12(2)20-23-13(15)3)17(22)21-8-4-5-14(10-21)16-6-7-18-19-16/h6-7,11,14H,4-5,8-10H2,1-3H3,(H,18,19). The van der Waals surface area contributed by atoms with Crippen molar-refractivity contribution in [1.29, 1.82) is 0 Å². The number of aromatic nitrogens is 3. The zero-order valence-electron chi connectivity index (χ0n) is 14.0. The minimum Gasteiger partial charge on any atom is -0.361 e. The van der Waals surface area contributed by atoms with E-state index in [1.807, 2.05) is 31.7 Å². The highest BCUT2D eigenvalue weighted by atomic mass is 16.5. The minimum atomic E-state index is -0.0627. The molecule has 1 N–H and O–H groups in total. The molecule has 0 bridgehead atoms. The molecule has 1 aliphatic rings. The van der Waals surface area contributed by atoms with Crippen LogP contribution in [0.3, 0.4) is 0 Å². The Morgan fingerprint density at radius 2 is 2.35 bits per heavy atom. The van der Waals surface area contributed by atoms with Crippen LogP contribution < -0.4 is 0 Å². The summed E-state index contributed by atoms with van der Waals surface area (Å²) in [6.45, 7) is 7.44. The lowest BCUT2D eigenvalue weighted by molar-refractivity contribution is -0.136. The normalized spacial score (nSPS) is 19.8. The van der Waals surface area contributed by atoms with Gasteiger partial charge in [0.1, 0.15) is 5.76 Å². The van der Waals surface area contributed by atoms with Crippen molar-refractivity contribution in [3.63, 3.8) is 0 Å². The largest absolute Gasteiger partial charge is 0.361 e. The van der Waals surface area contributed by atoms with Crippen molar-refractivity contribution in [2.75, 3.05) is 13.1 Å². The van der Waals surface area contributed by atoms with E-state index in [0.717, 1.165) is 48.6 Å². The van der Waals surface area contributed by atoms with E-state index in [1.165, 1.54) is 0 Å². The van der Waals surface area contributed by atoms with Crippen molar-refractivity contribution in [2.24, 2.45) is 5.92 Å². The number of carbonyl (C=O) groups is 1. The number of hydrogen-bond donors (Lipinski definition) is 1. The first-order valence-electron chi connectivity index (χ1n) is 8.26. The third-order valence-corrected chi connectivity index (χ3v) is 4.81. The van der Waals surface area contributed by atoms with Gasteiger partial charge in [-0.25, -0.2) is 0 Å². The quantitative estimate of drug-likeness (QED) is 0.941. The van der Waals surface area contributed by atoms with Crippen molar-refractivity contribution < 1.29 is 9.32 Å².